The fourth-order valence-corrected chi connectivity index (χ4v) is 1.95. The first-order chi connectivity index (χ1) is 9.47. The molecule has 0 saturated heterocycles. The monoisotopic (exact) mass is 338 g/mol. The van der Waals surface area contributed by atoms with Gasteiger partial charge >= 0.3 is 12.0 Å². The van der Waals surface area contributed by atoms with Crippen molar-refractivity contribution in [3.63, 3.8) is 0 Å². The van der Waals surface area contributed by atoms with Crippen LogP contribution in [0.15, 0.2) is 22.7 Å². The molecule has 106 valence electrons. The molecule has 0 radical (unpaired) electrons. The van der Waals surface area contributed by atoms with Gasteiger partial charge in [-0.2, -0.15) is 0 Å². The van der Waals surface area contributed by atoms with Gasteiger partial charge in [0.1, 0.15) is 0 Å². The van der Waals surface area contributed by atoms with Gasteiger partial charge in [0.05, 0.1) is 11.3 Å². The Bertz CT molecular complexity index is 552. The summed E-state index contributed by atoms with van der Waals surface area (Å²) in [5.74, 6) is 1.37. The Kier molecular flexibility index (Phi) is 6.07. The third kappa shape index (κ3) is 4.59. The standard InChI is InChI=1S/C14H15BrN2O3/c1-3-5-10(4-2)16-14(20)17-12-8-9(15)6-7-11(12)13(18)19/h1,6-8,10H,4-5H2,2H3,(H,18,19)(H2,16,17,20). The van der Waals surface area contributed by atoms with Crippen molar-refractivity contribution in [1.29, 1.82) is 0 Å². The fraction of sp³-hybridized carbons (Fsp3) is 0.286. The summed E-state index contributed by atoms with van der Waals surface area (Å²) in [7, 11) is 0. The van der Waals surface area contributed by atoms with Crippen molar-refractivity contribution in [1.82, 2.24) is 5.32 Å². The minimum Gasteiger partial charge on any atom is -0.478 e. The quantitative estimate of drug-likeness (QED) is 0.722. The molecule has 6 heteroatoms. The fourth-order valence-electron chi connectivity index (χ4n) is 1.59. The molecule has 0 aliphatic heterocycles. The van der Waals surface area contributed by atoms with Crippen LogP contribution in [0.25, 0.3) is 0 Å². The van der Waals surface area contributed by atoms with Gasteiger partial charge in [0, 0.05) is 16.9 Å². The number of hydrogen-bond acceptors (Lipinski definition) is 2. The van der Waals surface area contributed by atoms with Crippen LogP contribution >= 0.6 is 15.9 Å². The van der Waals surface area contributed by atoms with Crippen LogP contribution in [-0.4, -0.2) is 23.1 Å². The molecule has 3 N–H and O–H groups in total. The number of aromatic carboxylic acids is 1. The van der Waals surface area contributed by atoms with E-state index in [1.165, 1.54) is 12.1 Å². The summed E-state index contributed by atoms with van der Waals surface area (Å²) < 4.78 is 0.675. The lowest BCUT2D eigenvalue weighted by Crippen LogP contribution is -2.37. The van der Waals surface area contributed by atoms with Crippen molar-refractivity contribution in [3.8, 4) is 12.3 Å². The Morgan fingerprint density at radius 2 is 2.20 bits per heavy atom. The summed E-state index contributed by atoms with van der Waals surface area (Å²) in [5.41, 5.74) is 0.244. The molecule has 1 atom stereocenters. The molecule has 1 aromatic carbocycles. The first kappa shape index (κ1) is 16.1. The predicted molar refractivity (Wildman–Crippen MR) is 80.8 cm³/mol. The highest BCUT2D eigenvalue weighted by Crippen LogP contribution is 2.21. The van der Waals surface area contributed by atoms with Gasteiger partial charge in [-0.05, 0) is 24.6 Å². The van der Waals surface area contributed by atoms with E-state index < -0.39 is 12.0 Å². The van der Waals surface area contributed by atoms with Gasteiger partial charge in [-0.25, -0.2) is 9.59 Å². The molecule has 2 amide bonds. The van der Waals surface area contributed by atoms with E-state index in [-0.39, 0.29) is 17.3 Å². The average Bonchev–Trinajstić information content (AvgIpc) is 2.37. The highest BCUT2D eigenvalue weighted by Gasteiger charge is 2.14. The topological polar surface area (TPSA) is 78.4 Å². The lowest BCUT2D eigenvalue weighted by atomic mass is 10.1. The van der Waals surface area contributed by atoms with Crippen molar-refractivity contribution in [2.45, 2.75) is 25.8 Å². The number of carboxylic acid groups (broad SMARTS) is 1. The molecular formula is C14H15BrN2O3. The third-order valence-corrected chi connectivity index (χ3v) is 3.15. The molecule has 0 spiro atoms. The Labute approximate surface area is 125 Å². The lowest BCUT2D eigenvalue weighted by Gasteiger charge is -2.16. The van der Waals surface area contributed by atoms with E-state index in [0.717, 1.165) is 0 Å². The highest BCUT2D eigenvalue weighted by atomic mass is 79.9. The number of hydrogen-bond donors (Lipinski definition) is 3. The largest absolute Gasteiger partial charge is 0.478 e. The average molecular weight is 339 g/mol. The van der Waals surface area contributed by atoms with E-state index in [4.69, 9.17) is 11.5 Å². The van der Waals surface area contributed by atoms with Gasteiger partial charge < -0.3 is 15.7 Å². The maximum absolute atomic E-state index is 11.8. The zero-order chi connectivity index (χ0) is 15.1. The zero-order valence-electron chi connectivity index (χ0n) is 10.9. The van der Waals surface area contributed by atoms with E-state index in [0.29, 0.717) is 17.3 Å². The van der Waals surface area contributed by atoms with Crippen molar-refractivity contribution in [2.24, 2.45) is 0 Å². The molecule has 0 bridgehead atoms. The van der Waals surface area contributed by atoms with Crippen LogP contribution in [0.3, 0.4) is 0 Å². The van der Waals surface area contributed by atoms with E-state index in [1.54, 1.807) is 6.07 Å². The maximum Gasteiger partial charge on any atom is 0.337 e. The van der Waals surface area contributed by atoms with Crippen LogP contribution in [0.2, 0.25) is 0 Å². The van der Waals surface area contributed by atoms with Crippen molar-refractivity contribution in [3.05, 3.63) is 28.2 Å². The van der Waals surface area contributed by atoms with Gasteiger partial charge in [0.2, 0.25) is 0 Å². The highest BCUT2D eigenvalue weighted by molar-refractivity contribution is 9.10. The molecule has 0 aliphatic rings. The molecule has 1 unspecified atom stereocenters. The normalized spacial score (nSPS) is 11.2. The first-order valence-electron chi connectivity index (χ1n) is 6.01. The van der Waals surface area contributed by atoms with E-state index >= 15 is 0 Å². The van der Waals surface area contributed by atoms with Crippen LogP contribution in [-0.2, 0) is 0 Å². The Hall–Kier alpha value is -2.00. The van der Waals surface area contributed by atoms with Gasteiger partial charge in [0.15, 0.2) is 0 Å². The SMILES string of the molecule is C#CCC(CC)NC(=O)Nc1cc(Br)ccc1C(=O)O. The molecule has 1 aromatic rings. The molecule has 0 heterocycles. The number of carboxylic acids is 1. The van der Waals surface area contributed by atoms with Gasteiger partial charge in [0.25, 0.3) is 0 Å². The summed E-state index contributed by atoms with van der Waals surface area (Å²) in [4.78, 5) is 22.9. The second-order valence-corrected chi connectivity index (χ2v) is 5.02. The van der Waals surface area contributed by atoms with Gasteiger partial charge in [-0.15, -0.1) is 12.3 Å². The summed E-state index contributed by atoms with van der Waals surface area (Å²) in [6.07, 6.45) is 6.33. The van der Waals surface area contributed by atoms with Crippen LogP contribution < -0.4 is 10.6 Å². The third-order valence-electron chi connectivity index (χ3n) is 2.65. The predicted octanol–water partition coefficient (Wildman–Crippen LogP) is 3.07. The lowest BCUT2D eigenvalue weighted by molar-refractivity contribution is 0.0698. The molecule has 1 rings (SSSR count). The van der Waals surface area contributed by atoms with E-state index in [2.05, 4.69) is 32.5 Å². The molecule has 0 saturated carbocycles. The van der Waals surface area contributed by atoms with Crippen LogP contribution in [0.5, 0.6) is 0 Å². The van der Waals surface area contributed by atoms with Gasteiger partial charge in [-0.1, -0.05) is 22.9 Å². The number of amides is 2. The molecule has 0 fully saturated rings. The summed E-state index contributed by atoms with van der Waals surface area (Å²) >= 11 is 3.23. The number of urea groups is 1. The van der Waals surface area contributed by atoms with E-state index in [1.807, 2.05) is 6.92 Å². The Balaban J connectivity index is 2.82. The molecule has 20 heavy (non-hydrogen) atoms. The number of anilines is 1. The Morgan fingerprint density at radius 1 is 1.50 bits per heavy atom. The van der Waals surface area contributed by atoms with Crippen LogP contribution in [0.4, 0.5) is 10.5 Å². The number of benzene rings is 1. The minimum absolute atomic E-state index is 0.0216. The molecular weight excluding hydrogens is 324 g/mol. The number of halogens is 1. The second-order valence-electron chi connectivity index (χ2n) is 4.11. The summed E-state index contributed by atoms with van der Waals surface area (Å²) in [5, 5.41) is 14.3. The molecule has 0 aromatic heterocycles. The summed E-state index contributed by atoms with van der Waals surface area (Å²) in [6, 6.07) is 3.93. The number of rotatable bonds is 5. The van der Waals surface area contributed by atoms with Gasteiger partial charge in [-0.3, -0.25) is 0 Å². The Morgan fingerprint density at radius 3 is 2.75 bits per heavy atom. The number of nitrogens with one attached hydrogen (secondary N) is 2. The second kappa shape index (κ2) is 7.56. The maximum atomic E-state index is 11.8. The minimum atomic E-state index is -1.11. The smallest absolute Gasteiger partial charge is 0.337 e. The van der Waals surface area contributed by atoms with Crippen molar-refractivity contribution in [2.75, 3.05) is 5.32 Å². The van der Waals surface area contributed by atoms with Crippen molar-refractivity contribution >= 4 is 33.6 Å². The first-order valence-corrected chi connectivity index (χ1v) is 6.81. The van der Waals surface area contributed by atoms with Crippen LogP contribution in [0.1, 0.15) is 30.1 Å². The van der Waals surface area contributed by atoms with Crippen molar-refractivity contribution < 1.29 is 14.7 Å². The zero-order valence-corrected chi connectivity index (χ0v) is 12.5. The molecule has 5 nitrogen and oxygen atoms in total. The van der Waals surface area contributed by atoms with E-state index in [9.17, 15) is 9.59 Å². The summed E-state index contributed by atoms with van der Waals surface area (Å²) in [6.45, 7) is 1.91. The molecule has 0 aliphatic carbocycles. The van der Waals surface area contributed by atoms with Crippen LogP contribution in [0, 0.1) is 12.3 Å². The number of carbonyl (C=O) groups is 2. The number of carbonyl (C=O) groups excluding carboxylic acids is 1. The number of terminal acetylenes is 1.